The van der Waals surface area contributed by atoms with E-state index in [1.54, 1.807) is 62.8 Å². The maximum absolute atomic E-state index is 13.4. The standard InChI is InChI=1S/C30H28N2O6/c1-36-21-9-7-18(8-10-21)27-26(28(33)19-5-4-6-22(15-19)37-2)29(34)30(35)32(27)14-13-20-17-31-25-12-11-23(38-3)16-24(20)25/h4-12,15-17,27,31,33H,13-14H2,1-3H3/t27-/m0/s1. The number of carbonyl (C=O) groups excluding carboxylic acids is 2. The topological polar surface area (TPSA) is 101 Å². The summed E-state index contributed by atoms with van der Waals surface area (Å²) in [5.41, 5.74) is 3.06. The van der Waals surface area contributed by atoms with E-state index >= 15 is 0 Å². The van der Waals surface area contributed by atoms with E-state index in [1.807, 2.05) is 24.4 Å². The van der Waals surface area contributed by atoms with E-state index in [4.69, 9.17) is 14.2 Å². The molecule has 0 aliphatic carbocycles. The molecule has 0 radical (unpaired) electrons. The van der Waals surface area contributed by atoms with Gasteiger partial charge in [-0.1, -0.05) is 24.3 Å². The summed E-state index contributed by atoms with van der Waals surface area (Å²) in [4.78, 5) is 31.5. The molecular weight excluding hydrogens is 484 g/mol. The van der Waals surface area contributed by atoms with E-state index < -0.39 is 17.7 Å². The van der Waals surface area contributed by atoms with Gasteiger partial charge in [-0.2, -0.15) is 0 Å². The van der Waals surface area contributed by atoms with Gasteiger partial charge >= 0.3 is 0 Å². The molecule has 1 amide bonds. The van der Waals surface area contributed by atoms with Crippen LogP contribution >= 0.6 is 0 Å². The largest absolute Gasteiger partial charge is 0.507 e. The van der Waals surface area contributed by atoms with Gasteiger partial charge < -0.3 is 29.2 Å². The van der Waals surface area contributed by atoms with Gasteiger partial charge in [0.2, 0.25) is 0 Å². The number of methoxy groups -OCH3 is 3. The first-order valence-electron chi connectivity index (χ1n) is 12.2. The van der Waals surface area contributed by atoms with Crippen molar-refractivity contribution < 1.29 is 28.9 Å². The van der Waals surface area contributed by atoms with Crippen LogP contribution in [-0.4, -0.2) is 54.6 Å². The highest BCUT2D eigenvalue weighted by Crippen LogP contribution is 2.40. The lowest BCUT2D eigenvalue weighted by Gasteiger charge is -2.25. The maximum Gasteiger partial charge on any atom is 0.295 e. The third-order valence-corrected chi connectivity index (χ3v) is 6.91. The lowest BCUT2D eigenvalue weighted by atomic mass is 9.95. The minimum atomic E-state index is -0.771. The Bertz CT molecular complexity index is 1540. The average Bonchev–Trinajstić information content (AvgIpc) is 3.48. The summed E-state index contributed by atoms with van der Waals surface area (Å²) in [6, 6.07) is 18.9. The predicted molar refractivity (Wildman–Crippen MR) is 144 cm³/mol. The van der Waals surface area contributed by atoms with Crippen LogP contribution in [0.2, 0.25) is 0 Å². The number of hydrogen-bond acceptors (Lipinski definition) is 6. The van der Waals surface area contributed by atoms with Gasteiger partial charge in [0, 0.05) is 29.2 Å². The van der Waals surface area contributed by atoms with Crippen molar-refractivity contribution in [2.75, 3.05) is 27.9 Å². The molecule has 3 aromatic carbocycles. The normalized spacial score (nSPS) is 16.7. The van der Waals surface area contributed by atoms with E-state index in [2.05, 4.69) is 4.98 Å². The van der Waals surface area contributed by atoms with Crippen LogP contribution in [-0.2, 0) is 16.0 Å². The quantitative estimate of drug-likeness (QED) is 0.199. The number of Topliss-reactive ketones (excluding diaryl/α,β-unsaturated/α-hetero) is 1. The number of amides is 1. The van der Waals surface area contributed by atoms with Crippen LogP contribution in [0.5, 0.6) is 17.2 Å². The number of carbonyl (C=O) groups is 2. The lowest BCUT2D eigenvalue weighted by Crippen LogP contribution is -2.31. The van der Waals surface area contributed by atoms with Crippen molar-refractivity contribution in [3.63, 3.8) is 0 Å². The fourth-order valence-corrected chi connectivity index (χ4v) is 4.90. The van der Waals surface area contributed by atoms with Gasteiger partial charge in [0.1, 0.15) is 23.0 Å². The monoisotopic (exact) mass is 512 g/mol. The molecule has 38 heavy (non-hydrogen) atoms. The first-order valence-corrected chi connectivity index (χ1v) is 12.2. The smallest absolute Gasteiger partial charge is 0.295 e. The Morgan fingerprint density at radius 2 is 1.58 bits per heavy atom. The molecule has 0 saturated carbocycles. The maximum atomic E-state index is 13.4. The summed E-state index contributed by atoms with van der Waals surface area (Å²) in [7, 11) is 4.71. The van der Waals surface area contributed by atoms with Crippen LogP contribution < -0.4 is 14.2 Å². The molecule has 2 heterocycles. The van der Waals surface area contributed by atoms with E-state index in [9.17, 15) is 14.7 Å². The molecule has 1 saturated heterocycles. The number of likely N-dealkylation sites (tertiary alicyclic amines) is 1. The molecule has 5 rings (SSSR count). The highest BCUT2D eigenvalue weighted by atomic mass is 16.5. The molecule has 2 N–H and O–H groups in total. The molecule has 1 atom stereocenters. The number of ketones is 1. The molecule has 8 heteroatoms. The van der Waals surface area contributed by atoms with Crippen LogP contribution in [0.25, 0.3) is 16.7 Å². The number of benzene rings is 3. The van der Waals surface area contributed by atoms with Gasteiger partial charge in [0.15, 0.2) is 0 Å². The van der Waals surface area contributed by atoms with Gasteiger partial charge in [-0.15, -0.1) is 0 Å². The molecule has 194 valence electrons. The summed E-state index contributed by atoms with van der Waals surface area (Å²) in [6.07, 6.45) is 2.39. The van der Waals surface area contributed by atoms with E-state index in [1.165, 1.54) is 12.0 Å². The zero-order valence-electron chi connectivity index (χ0n) is 21.4. The van der Waals surface area contributed by atoms with Crippen molar-refractivity contribution in [3.8, 4) is 17.2 Å². The Kier molecular flexibility index (Phi) is 6.79. The Balaban J connectivity index is 1.56. The van der Waals surface area contributed by atoms with Gasteiger partial charge in [-0.05, 0) is 60.0 Å². The second-order valence-electron chi connectivity index (χ2n) is 8.97. The lowest BCUT2D eigenvalue weighted by molar-refractivity contribution is -0.139. The number of aromatic nitrogens is 1. The Labute approximate surface area is 220 Å². The molecule has 8 nitrogen and oxygen atoms in total. The summed E-state index contributed by atoms with van der Waals surface area (Å²) in [5.74, 6) is 0.266. The number of aliphatic hydroxyl groups excluding tert-OH is 1. The number of hydrogen-bond donors (Lipinski definition) is 2. The zero-order chi connectivity index (χ0) is 26.8. The number of aliphatic hydroxyl groups is 1. The van der Waals surface area contributed by atoms with Crippen molar-refractivity contribution in [2.24, 2.45) is 0 Å². The Hall–Kier alpha value is -4.72. The van der Waals surface area contributed by atoms with E-state index in [-0.39, 0.29) is 17.9 Å². The van der Waals surface area contributed by atoms with Gasteiger partial charge in [0.25, 0.3) is 11.7 Å². The number of nitrogens with zero attached hydrogens (tertiary/aromatic N) is 1. The van der Waals surface area contributed by atoms with Gasteiger partial charge in [-0.3, -0.25) is 9.59 Å². The molecule has 0 spiro atoms. The fourth-order valence-electron chi connectivity index (χ4n) is 4.90. The SMILES string of the molecule is COc1ccc([C@H]2C(=C(O)c3cccc(OC)c3)C(=O)C(=O)N2CCc2c[nH]c3ccc(OC)cc23)cc1. The molecular formula is C30H28N2O6. The van der Waals surface area contributed by atoms with Crippen LogP contribution in [0.15, 0.2) is 78.5 Å². The molecule has 4 aromatic rings. The van der Waals surface area contributed by atoms with Gasteiger partial charge in [0.05, 0.1) is 32.9 Å². The van der Waals surface area contributed by atoms with Crippen molar-refractivity contribution in [1.82, 2.24) is 9.88 Å². The van der Waals surface area contributed by atoms with Crippen LogP contribution in [0, 0.1) is 0 Å². The summed E-state index contributed by atoms with van der Waals surface area (Å²) in [5, 5.41) is 12.3. The van der Waals surface area contributed by atoms with Gasteiger partial charge in [-0.25, -0.2) is 0 Å². The van der Waals surface area contributed by atoms with Crippen molar-refractivity contribution in [1.29, 1.82) is 0 Å². The zero-order valence-corrected chi connectivity index (χ0v) is 21.4. The third kappa shape index (κ3) is 4.45. The van der Waals surface area contributed by atoms with Crippen molar-refractivity contribution >= 4 is 28.4 Å². The van der Waals surface area contributed by atoms with E-state index in [0.717, 1.165) is 22.2 Å². The highest BCUT2D eigenvalue weighted by Gasteiger charge is 2.46. The number of H-pyrrole nitrogens is 1. The number of rotatable bonds is 8. The fraction of sp³-hybridized carbons (Fsp3) is 0.200. The minimum absolute atomic E-state index is 0.0361. The Morgan fingerprint density at radius 3 is 2.29 bits per heavy atom. The molecule has 0 bridgehead atoms. The summed E-state index contributed by atoms with van der Waals surface area (Å²) >= 11 is 0. The second-order valence-corrected chi connectivity index (χ2v) is 8.97. The van der Waals surface area contributed by atoms with Crippen molar-refractivity contribution in [3.05, 3.63) is 95.2 Å². The summed E-state index contributed by atoms with van der Waals surface area (Å²) < 4.78 is 15.9. The molecule has 0 unspecified atom stereocenters. The number of ether oxygens (including phenoxy) is 3. The number of aromatic amines is 1. The molecule has 1 aliphatic heterocycles. The third-order valence-electron chi connectivity index (χ3n) is 6.91. The Morgan fingerprint density at radius 1 is 0.895 bits per heavy atom. The first kappa shape index (κ1) is 25.0. The second kappa shape index (κ2) is 10.3. The van der Waals surface area contributed by atoms with Crippen LogP contribution in [0.3, 0.4) is 0 Å². The number of fused-ring (bicyclic) bond motifs is 1. The van der Waals surface area contributed by atoms with Crippen molar-refractivity contribution in [2.45, 2.75) is 12.5 Å². The molecule has 1 aliphatic rings. The van der Waals surface area contributed by atoms with Crippen LogP contribution in [0.4, 0.5) is 0 Å². The molecule has 1 aromatic heterocycles. The van der Waals surface area contributed by atoms with E-state index in [0.29, 0.717) is 29.0 Å². The number of nitrogens with one attached hydrogen (secondary N) is 1. The average molecular weight is 513 g/mol. The first-order chi connectivity index (χ1) is 18.4. The minimum Gasteiger partial charge on any atom is -0.507 e. The highest BCUT2D eigenvalue weighted by molar-refractivity contribution is 6.46. The molecule has 1 fully saturated rings. The predicted octanol–water partition coefficient (Wildman–Crippen LogP) is 4.86. The van der Waals surface area contributed by atoms with Crippen LogP contribution in [0.1, 0.15) is 22.7 Å². The summed E-state index contributed by atoms with van der Waals surface area (Å²) in [6.45, 7) is 0.264.